The Labute approximate surface area is 267 Å². The molecule has 3 aromatic heterocycles. The van der Waals surface area contributed by atoms with E-state index < -0.39 is 6.17 Å². The van der Waals surface area contributed by atoms with Crippen LogP contribution in [0.15, 0.2) is 60.8 Å². The molecule has 4 heterocycles. The highest BCUT2D eigenvalue weighted by molar-refractivity contribution is 5.96. The second kappa shape index (κ2) is 11.9. The number of benzene rings is 2. The molecule has 2 atom stereocenters. The summed E-state index contributed by atoms with van der Waals surface area (Å²) in [7, 11) is 1.59. The minimum absolute atomic E-state index is 0.0285. The molecular formula is C36H39FN6O3. The number of pyridine rings is 1. The molecular weight excluding hydrogens is 583 g/mol. The van der Waals surface area contributed by atoms with Crippen LogP contribution in [0.1, 0.15) is 47.7 Å². The van der Waals surface area contributed by atoms with E-state index in [1.807, 2.05) is 19.1 Å². The second-order valence-corrected chi connectivity index (χ2v) is 12.8. The number of rotatable bonds is 8. The van der Waals surface area contributed by atoms with E-state index >= 15 is 0 Å². The summed E-state index contributed by atoms with van der Waals surface area (Å²) in [6.45, 7) is 5.30. The van der Waals surface area contributed by atoms with Gasteiger partial charge in [0, 0.05) is 55.3 Å². The van der Waals surface area contributed by atoms with E-state index in [2.05, 4.69) is 46.3 Å². The Morgan fingerprint density at radius 3 is 2.52 bits per heavy atom. The molecule has 0 radical (unpaired) electrons. The number of fused-ring (bicyclic) bond motifs is 2. The van der Waals surface area contributed by atoms with Gasteiger partial charge in [0.25, 0.3) is 5.91 Å². The number of nitrogens with one attached hydrogen (secondary N) is 1. The minimum Gasteiger partial charge on any atom is -0.494 e. The number of nitrogens with two attached hydrogens (primary N) is 1. The molecule has 2 aliphatic rings. The van der Waals surface area contributed by atoms with Crippen molar-refractivity contribution in [2.24, 2.45) is 11.7 Å². The lowest BCUT2D eigenvalue weighted by Gasteiger charge is -2.33. The molecule has 7 rings (SSSR count). The number of alkyl halides is 1. The SMILES string of the molecule is COc1cc(C(=O)N2C[C@H](N)C[C@@H](F)C2)cn2nc(-c3cc4ccc(-c5ccc(CNC(C)=O)cc5)cc4n3CC3CC3)c(C)c12. The van der Waals surface area contributed by atoms with Crippen molar-refractivity contribution in [3.05, 3.63) is 77.5 Å². The van der Waals surface area contributed by atoms with Crippen LogP contribution in [0.25, 0.3) is 38.9 Å². The monoisotopic (exact) mass is 622 g/mol. The van der Waals surface area contributed by atoms with Crippen molar-refractivity contribution in [3.63, 3.8) is 0 Å². The molecule has 1 saturated carbocycles. The van der Waals surface area contributed by atoms with Gasteiger partial charge < -0.3 is 25.3 Å². The number of amides is 2. The number of piperidine rings is 1. The molecule has 2 aromatic carbocycles. The molecule has 1 aliphatic heterocycles. The number of carbonyl (C=O) groups excluding carboxylic acids is 2. The van der Waals surface area contributed by atoms with Gasteiger partial charge in [-0.1, -0.05) is 36.4 Å². The fourth-order valence-corrected chi connectivity index (χ4v) is 6.65. The lowest BCUT2D eigenvalue weighted by atomic mass is 10.0. The zero-order valence-electron chi connectivity index (χ0n) is 26.4. The van der Waals surface area contributed by atoms with Crippen molar-refractivity contribution in [2.75, 3.05) is 20.2 Å². The Balaban J connectivity index is 1.28. The van der Waals surface area contributed by atoms with Crippen molar-refractivity contribution >= 4 is 28.2 Å². The van der Waals surface area contributed by atoms with Crippen molar-refractivity contribution in [2.45, 2.75) is 58.4 Å². The number of aryl methyl sites for hydroxylation is 1. The van der Waals surface area contributed by atoms with E-state index in [-0.39, 0.29) is 30.8 Å². The molecule has 0 unspecified atom stereocenters. The van der Waals surface area contributed by atoms with Gasteiger partial charge in [0.2, 0.25) is 5.91 Å². The van der Waals surface area contributed by atoms with Crippen molar-refractivity contribution in [3.8, 4) is 28.3 Å². The molecule has 10 heteroatoms. The number of ether oxygens (including phenoxy) is 1. The summed E-state index contributed by atoms with van der Waals surface area (Å²) < 4.78 is 24.2. The van der Waals surface area contributed by atoms with Gasteiger partial charge in [0.05, 0.1) is 24.9 Å². The quantitative estimate of drug-likeness (QED) is 0.238. The fraction of sp³-hybridized carbons (Fsp3) is 0.361. The Kier molecular flexibility index (Phi) is 7.76. The van der Waals surface area contributed by atoms with Crippen LogP contribution < -0.4 is 15.8 Å². The van der Waals surface area contributed by atoms with Gasteiger partial charge in [-0.3, -0.25) is 9.59 Å². The molecule has 5 aromatic rings. The van der Waals surface area contributed by atoms with Crippen LogP contribution in [-0.4, -0.2) is 63.3 Å². The predicted octanol–water partition coefficient (Wildman–Crippen LogP) is 5.50. The average Bonchev–Trinajstić information content (AvgIpc) is 3.71. The molecule has 1 aliphatic carbocycles. The molecule has 3 N–H and O–H groups in total. The maximum absolute atomic E-state index is 14.3. The number of likely N-dealkylation sites (tertiary alicyclic amines) is 1. The summed E-state index contributed by atoms with van der Waals surface area (Å²) in [6, 6.07) is 18.4. The summed E-state index contributed by atoms with van der Waals surface area (Å²) in [5, 5.41) is 9.01. The minimum atomic E-state index is -1.14. The van der Waals surface area contributed by atoms with Crippen molar-refractivity contribution < 1.29 is 18.7 Å². The van der Waals surface area contributed by atoms with Gasteiger partial charge >= 0.3 is 0 Å². The highest BCUT2D eigenvalue weighted by Crippen LogP contribution is 2.39. The number of nitrogens with zero attached hydrogens (tertiary/aromatic N) is 4. The van der Waals surface area contributed by atoms with Gasteiger partial charge in [0.15, 0.2) is 0 Å². The van der Waals surface area contributed by atoms with E-state index in [0.29, 0.717) is 30.3 Å². The highest BCUT2D eigenvalue weighted by Gasteiger charge is 2.30. The predicted molar refractivity (Wildman–Crippen MR) is 176 cm³/mol. The van der Waals surface area contributed by atoms with Crippen LogP contribution in [0, 0.1) is 12.8 Å². The molecule has 0 bridgehead atoms. The van der Waals surface area contributed by atoms with Gasteiger partial charge in [-0.2, -0.15) is 5.10 Å². The number of halogens is 1. The fourth-order valence-electron chi connectivity index (χ4n) is 6.65. The number of aromatic nitrogens is 3. The number of methoxy groups -OCH3 is 1. The topological polar surface area (TPSA) is 107 Å². The maximum atomic E-state index is 14.3. The third-order valence-electron chi connectivity index (χ3n) is 9.23. The summed E-state index contributed by atoms with van der Waals surface area (Å²) in [4.78, 5) is 26.3. The van der Waals surface area contributed by atoms with Crippen molar-refractivity contribution in [1.29, 1.82) is 0 Å². The first-order valence-corrected chi connectivity index (χ1v) is 15.9. The Morgan fingerprint density at radius 1 is 1.07 bits per heavy atom. The number of hydrogen-bond acceptors (Lipinski definition) is 5. The van der Waals surface area contributed by atoms with E-state index in [4.69, 9.17) is 15.6 Å². The van der Waals surface area contributed by atoms with Gasteiger partial charge in [-0.05, 0) is 67.0 Å². The standard InChI is InChI=1S/C36H39FN6O3/c1-21-34(40-43-18-28(14-33(46-3)35(21)43)36(45)41-19-29(37)15-30(38)20-41)32-13-27-11-10-26(12-31(27)42(32)17-24-4-5-24)25-8-6-23(7-9-25)16-39-22(2)44/h6-14,18,24,29-30H,4-5,15-17,19-20,38H2,1-3H3,(H,39,44)/t29-,30-/m1/s1. The normalized spacial score (nSPS) is 18.3. The largest absolute Gasteiger partial charge is 0.494 e. The Morgan fingerprint density at radius 2 is 1.83 bits per heavy atom. The average molecular weight is 623 g/mol. The molecule has 9 nitrogen and oxygen atoms in total. The first-order chi connectivity index (χ1) is 22.2. The lowest BCUT2D eigenvalue weighted by Crippen LogP contribution is -2.50. The molecule has 238 valence electrons. The van der Waals surface area contributed by atoms with Crippen molar-refractivity contribution in [1.82, 2.24) is 24.4 Å². The zero-order chi connectivity index (χ0) is 32.1. The smallest absolute Gasteiger partial charge is 0.255 e. The molecule has 46 heavy (non-hydrogen) atoms. The molecule has 2 amide bonds. The maximum Gasteiger partial charge on any atom is 0.255 e. The first kappa shape index (κ1) is 30.0. The van der Waals surface area contributed by atoms with Crippen LogP contribution in [0.5, 0.6) is 5.75 Å². The van der Waals surface area contributed by atoms with E-state index in [9.17, 15) is 14.0 Å². The summed E-state index contributed by atoms with van der Waals surface area (Å²) >= 11 is 0. The van der Waals surface area contributed by atoms with Crippen LogP contribution in [0.4, 0.5) is 4.39 Å². The van der Waals surface area contributed by atoms with E-state index in [1.54, 1.807) is 23.9 Å². The van der Waals surface area contributed by atoms with E-state index in [1.165, 1.54) is 24.7 Å². The third kappa shape index (κ3) is 5.73. The summed E-state index contributed by atoms with van der Waals surface area (Å²) in [5.41, 5.74) is 14.4. The third-order valence-corrected chi connectivity index (χ3v) is 9.23. The Bertz CT molecular complexity index is 1950. The zero-order valence-corrected chi connectivity index (χ0v) is 26.4. The second-order valence-electron chi connectivity index (χ2n) is 12.8. The Hall–Kier alpha value is -4.70. The van der Waals surface area contributed by atoms with Gasteiger partial charge in [0.1, 0.15) is 23.1 Å². The summed E-state index contributed by atoms with van der Waals surface area (Å²) in [6.07, 6.45) is 3.25. The van der Waals surface area contributed by atoms with Gasteiger partial charge in [-0.15, -0.1) is 0 Å². The first-order valence-electron chi connectivity index (χ1n) is 15.9. The number of hydrogen-bond donors (Lipinski definition) is 2. The molecule has 2 fully saturated rings. The molecule has 1 saturated heterocycles. The van der Waals surface area contributed by atoms with Crippen LogP contribution >= 0.6 is 0 Å². The molecule has 0 spiro atoms. The summed E-state index contributed by atoms with van der Waals surface area (Å²) in [5.74, 6) is 0.826. The van der Waals surface area contributed by atoms with Crippen LogP contribution in [0.2, 0.25) is 0 Å². The van der Waals surface area contributed by atoms with Crippen LogP contribution in [-0.2, 0) is 17.9 Å². The van der Waals surface area contributed by atoms with Crippen LogP contribution in [0.3, 0.4) is 0 Å². The lowest BCUT2D eigenvalue weighted by molar-refractivity contribution is -0.119. The van der Waals surface area contributed by atoms with E-state index in [0.717, 1.165) is 56.6 Å². The highest BCUT2D eigenvalue weighted by atomic mass is 19.1. The van der Waals surface area contributed by atoms with Gasteiger partial charge in [-0.25, -0.2) is 8.91 Å². The number of carbonyl (C=O) groups is 2.